The number of nitrogens with two attached hydrogens (primary N) is 1. The largest absolute Gasteiger partial charge is 0.395 e. The molecule has 0 atom stereocenters. The molecule has 4 nitrogen and oxygen atoms in total. The lowest BCUT2D eigenvalue weighted by Crippen LogP contribution is -2.29. The first-order valence-electron chi connectivity index (χ1n) is 6.36. The third-order valence-corrected chi connectivity index (χ3v) is 3.45. The standard InChI is InChI=1S/C14H20N2O2/c1-10-8-11(14(15)18)2-3-12(10)9-16(6-7-17)13-4-5-13/h2-3,8,13,17H,4-7,9H2,1H3,(H2,15,18). The highest BCUT2D eigenvalue weighted by molar-refractivity contribution is 5.93. The topological polar surface area (TPSA) is 66.6 Å². The Balaban J connectivity index is 2.10. The lowest BCUT2D eigenvalue weighted by molar-refractivity contribution is 0.1000. The van der Waals surface area contributed by atoms with E-state index >= 15 is 0 Å². The number of primary amides is 1. The van der Waals surface area contributed by atoms with Crippen molar-refractivity contribution >= 4 is 5.91 Å². The van der Waals surface area contributed by atoms with Gasteiger partial charge in [0.1, 0.15) is 0 Å². The van der Waals surface area contributed by atoms with Gasteiger partial charge in [0.25, 0.3) is 0 Å². The van der Waals surface area contributed by atoms with Crippen LogP contribution in [0.3, 0.4) is 0 Å². The Kier molecular flexibility index (Phi) is 3.99. The van der Waals surface area contributed by atoms with E-state index in [1.165, 1.54) is 18.4 Å². The number of carbonyl (C=O) groups excluding carboxylic acids is 1. The molecule has 1 amide bonds. The number of aliphatic hydroxyl groups excluding tert-OH is 1. The van der Waals surface area contributed by atoms with E-state index in [2.05, 4.69) is 4.90 Å². The van der Waals surface area contributed by atoms with Gasteiger partial charge >= 0.3 is 0 Å². The van der Waals surface area contributed by atoms with Crippen LogP contribution in [-0.4, -0.2) is 35.1 Å². The van der Waals surface area contributed by atoms with E-state index < -0.39 is 0 Å². The van der Waals surface area contributed by atoms with Crippen molar-refractivity contribution in [2.24, 2.45) is 5.73 Å². The lowest BCUT2D eigenvalue weighted by Gasteiger charge is -2.22. The average Bonchev–Trinajstić information content (AvgIpc) is 3.14. The summed E-state index contributed by atoms with van der Waals surface area (Å²) in [5.41, 5.74) is 8.08. The molecular weight excluding hydrogens is 228 g/mol. The van der Waals surface area contributed by atoms with E-state index in [1.807, 2.05) is 19.1 Å². The average molecular weight is 248 g/mol. The summed E-state index contributed by atoms with van der Waals surface area (Å²) in [6.45, 7) is 3.72. The summed E-state index contributed by atoms with van der Waals surface area (Å²) in [6, 6.07) is 6.19. The van der Waals surface area contributed by atoms with Crippen molar-refractivity contribution in [3.8, 4) is 0 Å². The first-order valence-corrected chi connectivity index (χ1v) is 6.36. The van der Waals surface area contributed by atoms with Crippen molar-refractivity contribution < 1.29 is 9.90 Å². The maximum absolute atomic E-state index is 11.1. The second-order valence-electron chi connectivity index (χ2n) is 4.93. The van der Waals surface area contributed by atoms with Crippen LogP contribution in [0.25, 0.3) is 0 Å². The molecule has 0 unspecified atom stereocenters. The zero-order valence-corrected chi connectivity index (χ0v) is 10.7. The van der Waals surface area contributed by atoms with Gasteiger partial charge in [0.05, 0.1) is 6.61 Å². The monoisotopic (exact) mass is 248 g/mol. The van der Waals surface area contributed by atoms with Crippen LogP contribution < -0.4 is 5.73 Å². The van der Waals surface area contributed by atoms with Gasteiger partial charge in [0.2, 0.25) is 5.91 Å². The molecular formula is C14H20N2O2. The smallest absolute Gasteiger partial charge is 0.248 e. The SMILES string of the molecule is Cc1cc(C(N)=O)ccc1CN(CCO)C1CC1. The minimum atomic E-state index is -0.390. The first-order chi connectivity index (χ1) is 8.61. The summed E-state index contributed by atoms with van der Waals surface area (Å²) in [6.07, 6.45) is 2.44. The molecule has 1 saturated carbocycles. The van der Waals surface area contributed by atoms with Gasteiger partial charge in [-0.3, -0.25) is 9.69 Å². The Morgan fingerprint density at radius 3 is 2.72 bits per heavy atom. The summed E-state index contributed by atoms with van der Waals surface area (Å²) in [7, 11) is 0. The van der Waals surface area contributed by atoms with Crippen LogP contribution in [0.1, 0.15) is 34.3 Å². The third-order valence-electron chi connectivity index (χ3n) is 3.45. The van der Waals surface area contributed by atoms with E-state index in [0.29, 0.717) is 18.2 Å². The number of hydrogen-bond acceptors (Lipinski definition) is 3. The van der Waals surface area contributed by atoms with Crippen molar-refractivity contribution in [1.82, 2.24) is 4.90 Å². The number of benzene rings is 1. The van der Waals surface area contributed by atoms with E-state index in [9.17, 15) is 4.79 Å². The number of carbonyl (C=O) groups is 1. The minimum absolute atomic E-state index is 0.189. The van der Waals surface area contributed by atoms with E-state index in [0.717, 1.165) is 12.1 Å². The maximum Gasteiger partial charge on any atom is 0.248 e. The zero-order valence-electron chi connectivity index (χ0n) is 10.7. The molecule has 1 aromatic rings. The normalized spacial score (nSPS) is 15.1. The fourth-order valence-corrected chi connectivity index (χ4v) is 2.20. The molecule has 1 aromatic carbocycles. The fraction of sp³-hybridized carbons (Fsp3) is 0.500. The van der Waals surface area contributed by atoms with Crippen LogP contribution in [0.2, 0.25) is 0 Å². The Bertz CT molecular complexity index is 441. The van der Waals surface area contributed by atoms with Gasteiger partial charge in [0.15, 0.2) is 0 Å². The van der Waals surface area contributed by atoms with Gasteiger partial charge in [-0.1, -0.05) is 6.07 Å². The number of aryl methyl sites for hydroxylation is 1. The fourth-order valence-electron chi connectivity index (χ4n) is 2.20. The van der Waals surface area contributed by atoms with E-state index in [4.69, 9.17) is 10.8 Å². The van der Waals surface area contributed by atoms with Gasteiger partial charge in [-0.25, -0.2) is 0 Å². The van der Waals surface area contributed by atoms with Crippen LogP contribution in [0.5, 0.6) is 0 Å². The maximum atomic E-state index is 11.1. The number of hydrogen-bond donors (Lipinski definition) is 2. The Morgan fingerprint density at radius 2 is 2.22 bits per heavy atom. The number of aliphatic hydroxyl groups is 1. The summed E-state index contributed by atoms with van der Waals surface area (Å²) in [4.78, 5) is 13.4. The molecule has 18 heavy (non-hydrogen) atoms. The molecule has 1 aliphatic carbocycles. The third kappa shape index (κ3) is 3.09. The van der Waals surface area contributed by atoms with Gasteiger partial charge in [0, 0.05) is 24.7 Å². The molecule has 1 aliphatic rings. The molecule has 0 saturated heterocycles. The van der Waals surface area contributed by atoms with Crippen LogP contribution in [0.15, 0.2) is 18.2 Å². The quantitative estimate of drug-likeness (QED) is 0.791. The summed E-state index contributed by atoms with van der Waals surface area (Å²) >= 11 is 0. The highest BCUT2D eigenvalue weighted by Gasteiger charge is 2.28. The Labute approximate surface area is 107 Å². The lowest BCUT2D eigenvalue weighted by atomic mass is 10.0. The second kappa shape index (κ2) is 5.50. The van der Waals surface area contributed by atoms with Gasteiger partial charge < -0.3 is 10.8 Å². The van der Waals surface area contributed by atoms with Crippen LogP contribution >= 0.6 is 0 Å². The Hall–Kier alpha value is -1.39. The highest BCUT2D eigenvalue weighted by atomic mass is 16.3. The molecule has 98 valence electrons. The molecule has 0 aromatic heterocycles. The van der Waals surface area contributed by atoms with Gasteiger partial charge in [-0.15, -0.1) is 0 Å². The highest BCUT2D eigenvalue weighted by Crippen LogP contribution is 2.28. The second-order valence-corrected chi connectivity index (χ2v) is 4.93. The van der Waals surface area contributed by atoms with Crippen LogP contribution in [0, 0.1) is 6.92 Å². The van der Waals surface area contributed by atoms with Crippen molar-refractivity contribution in [2.75, 3.05) is 13.2 Å². The molecule has 0 radical (unpaired) electrons. The molecule has 0 bridgehead atoms. The van der Waals surface area contributed by atoms with Crippen molar-refractivity contribution in [3.05, 3.63) is 34.9 Å². The predicted molar refractivity (Wildman–Crippen MR) is 70.2 cm³/mol. The number of amides is 1. The Morgan fingerprint density at radius 1 is 1.50 bits per heavy atom. The molecule has 1 fully saturated rings. The number of rotatable bonds is 6. The van der Waals surface area contributed by atoms with E-state index in [1.54, 1.807) is 6.07 Å². The zero-order chi connectivity index (χ0) is 13.1. The summed E-state index contributed by atoms with van der Waals surface area (Å²) < 4.78 is 0. The van der Waals surface area contributed by atoms with Crippen molar-refractivity contribution in [1.29, 1.82) is 0 Å². The predicted octanol–water partition coefficient (Wildman–Crippen LogP) is 1.05. The molecule has 4 heteroatoms. The molecule has 2 rings (SSSR count). The number of nitrogens with zero attached hydrogens (tertiary/aromatic N) is 1. The molecule has 0 aliphatic heterocycles. The summed E-state index contributed by atoms with van der Waals surface area (Å²) in [5, 5.41) is 9.07. The van der Waals surface area contributed by atoms with Crippen molar-refractivity contribution in [2.45, 2.75) is 32.4 Å². The molecule has 3 N–H and O–H groups in total. The van der Waals surface area contributed by atoms with Crippen molar-refractivity contribution in [3.63, 3.8) is 0 Å². The first kappa shape index (κ1) is 13.1. The van der Waals surface area contributed by atoms with E-state index in [-0.39, 0.29) is 12.5 Å². The van der Waals surface area contributed by atoms with Gasteiger partial charge in [-0.05, 0) is 43.0 Å². The minimum Gasteiger partial charge on any atom is -0.395 e. The molecule has 0 heterocycles. The van der Waals surface area contributed by atoms with Gasteiger partial charge in [-0.2, -0.15) is 0 Å². The summed E-state index contributed by atoms with van der Waals surface area (Å²) in [5.74, 6) is -0.390. The van der Waals surface area contributed by atoms with Crippen LogP contribution in [-0.2, 0) is 6.54 Å². The molecule has 0 spiro atoms. The van der Waals surface area contributed by atoms with Crippen LogP contribution in [0.4, 0.5) is 0 Å².